The van der Waals surface area contributed by atoms with Crippen LogP contribution in [0.4, 0.5) is 5.69 Å². The Bertz CT molecular complexity index is 1700. The minimum Gasteiger partial charge on any atom is -0.355 e. The smallest absolute Gasteiger partial charge is 0.264 e. The maximum Gasteiger partial charge on any atom is 0.264 e. The summed E-state index contributed by atoms with van der Waals surface area (Å²) in [5, 5.41) is 3.87. The van der Waals surface area contributed by atoms with Gasteiger partial charge in [0.1, 0.15) is 12.6 Å². The lowest BCUT2D eigenvalue weighted by Gasteiger charge is -2.34. The van der Waals surface area contributed by atoms with E-state index in [9.17, 15) is 18.0 Å². The van der Waals surface area contributed by atoms with Crippen LogP contribution in [-0.2, 0) is 32.6 Å². The second-order valence-electron chi connectivity index (χ2n) is 9.81. The maximum absolute atomic E-state index is 14.4. The highest BCUT2D eigenvalue weighted by molar-refractivity contribution is 7.92. The van der Waals surface area contributed by atoms with E-state index in [1.54, 1.807) is 43.3 Å². The van der Waals surface area contributed by atoms with Gasteiger partial charge in [0, 0.05) is 39.6 Å². The molecule has 4 rings (SSSR count). The Morgan fingerprint density at radius 1 is 0.795 bits per heavy atom. The van der Waals surface area contributed by atoms with Crippen molar-refractivity contribution in [2.24, 2.45) is 0 Å². The highest BCUT2D eigenvalue weighted by Gasteiger charge is 2.35. The van der Waals surface area contributed by atoms with Gasteiger partial charge in [0.25, 0.3) is 10.0 Å². The van der Waals surface area contributed by atoms with Gasteiger partial charge in [-0.05, 0) is 60.5 Å². The molecule has 0 radical (unpaired) electrons. The number of halogens is 4. The molecule has 2 amide bonds. The SMILES string of the molecule is CCNC(=O)[C@@H](Cc1ccccc1)N(Cc1ccc(Cl)cc1Cl)C(=O)CN(c1cc(Cl)cc(Cl)c1)S(=O)(=O)c1ccccc1. The lowest BCUT2D eigenvalue weighted by Crippen LogP contribution is -2.53. The van der Waals surface area contributed by atoms with Crippen molar-refractivity contribution in [2.75, 3.05) is 17.4 Å². The lowest BCUT2D eigenvalue weighted by atomic mass is 10.0. The summed E-state index contributed by atoms with van der Waals surface area (Å²) in [4.78, 5) is 29.3. The number of hydrogen-bond acceptors (Lipinski definition) is 4. The molecule has 0 saturated carbocycles. The Morgan fingerprint density at radius 2 is 1.41 bits per heavy atom. The van der Waals surface area contributed by atoms with Crippen LogP contribution in [0.2, 0.25) is 20.1 Å². The predicted molar refractivity (Wildman–Crippen MR) is 177 cm³/mol. The molecular formula is C32H29Cl4N3O4S. The van der Waals surface area contributed by atoms with Crippen LogP contribution in [0.3, 0.4) is 0 Å². The summed E-state index contributed by atoms with van der Waals surface area (Å²) in [6.07, 6.45) is 0.165. The third kappa shape index (κ3) is 8.46. The van der Waals surface area contributed by atoms with Crippen LogP contribution in [0.25, 0.3) is 0 Å². The number of anilines is 1. The molecular weight excluding hydrogens is 664 g/mol. The van der Waals surface area contributed by atoms with Crippen LogP contribution in [-0.4, -0.2) is 44.3 Å². The van der Waals surface area contributed by atoms with E-state index in [2.05, 4.69) is 5.32 Å². The van der Waals surface area contributed by atoms with Crippen molar-refractivity contribution in [3.63, 3.8) is 0 Å². The van der Waals surface area contributed by atoms with E-state index in [0.29, 0.717) is 22.2 Å². The first-order chi connectivity index (χ1) is 21.0. The molecule has 12 heteroatoms. The van der Waals surface area contributed by atoms with Gasteiger partial charge in [0.2, 0.25) is 11.8 Å². The fourth-order valence-corrected chi connectivity index (χ4v) is 7.01. The van der Waals surface area contributed by atoms with E-state index in [-0.39, 0.29) is 33.6 Å². The van der Waals surface area contributed by atoms with E-state index in [1.807, 2.05) is 30.3 Å². The molecule has 0 aliphatic rings. The van der Waals surface area contributed by atoms with Gasteiger partial charge in [-0.15, -0.1) is 0 Å². The van der Waals surface area contributed by atoms with Crippen molar-refractivity contribution in [3.8, 4) is 0 Å². The molecule has 0 saturated heterocycles. The Labute approximate surface area is 277 Å². The number of likely N-dealkylation sites (N-methyl/N-ethyl adjacent to an activating group) is 1. The molecule has 0 fully saturated rings. The van der Waals surface area contributed by atoms with Gasteiger partial charge >= 0.3 is 0 Å². The third-order valence-electron chi connectivity index (χ3n) is 6.72. The number of carbonyl (C=O) groups is 2. The number of carbonyl (C=O) groups excluding carboxylic acids is 2. The van der Waals surface area contributed by atoms with Crippen molar-refractivity contribution in [2.45, 2.75) is 30.8 Å². The minimum absolute atomic E-state index is 0.0410. The van der Waals surface area contributed by atoms with Gasteiger partial charge in [-0.1, -0.05) is 101 Å². The number of benzene rings is 4. The molecule has 230 valence electrons. The summed E-state index contributed by atoms with van der Waals surface area (Å²) in [5.74, 6) is -1.06. The topological polar surface area (TPSA) is 86.8 Å². The van der Waals surface area contributed by atoms with Crippen LogP contribution in [0.5, 0.6) is 0 Å². The summed E-state index contributed by atoms with van der Waals surface area (Å²) in [5.41, 5.74) is 1.41. The van der Waals surface area contributed by atoms with Crippen LogP contribution in [0.1, 0.15) is 18.1 Å². The molecule has 0 aromatic heterocycles. The molecule has 4 aromatic carbocycles. The fraction of sp³-hybridized carbons (Fsp3) is 0.188. The summed E-state index contributed by atoms with van der Waals surface area (Å²) >= 11 is 25.2. The Morgan fingerprint density at radius 3 is 2.00 bits per heavy atom. The lowest BCUT2D eigenvalue weighted by molar-refractivity contribution is -0.140. The number of rotatable bonds is 12. The molecule has 1 N–H and O–H groups in total. The van der Waals surface area contributed by atoms with Crippen molar-refractivity contribution in [3.05, 3.63) is 128 Å². The largest absolute Gasteiger partial charge is 0.355 e. The molecule has 0 aliphatic heterocycles. The summed E-state index contributed by atoms with van der Waals surface area (Å²) < 4.78 is 29.0. The van der Waals surface area contributed by atoms with Gasteiger partial charge in [-0.3, -0.25) is 13.9 Å². The number of nitrogens with zero attached hydrogens (tertiary/aromatic N) is 2. The van der Waals surface area contributed by atoms with Gasteiger partial charge in [-0.2, -0.15) is 0 Å². The van der Waals surface area contributed by atoms with Gasteiger partial charge in [0.15, 0.2) is 0 Å². The summed E-state index contributed by atoms with van der Waals surface area (Å²) in [6.45, 7) is 1.34. The molecule has 0 heterocycles. The zero-order valence-corrected chi connectivity index (χ0v) is 27.4. The second kappa shape index (κ2) is 15.1. The molecule has 0 bridgehead atoms. The molecule has 0 aliphatic carbocycles. The van der Waals surface area contributed by atoms with E-state index >= 15 is 0 Å². The molecule has 1 atom stereocenters. The van der Waals surface area contributed by atoms with Gasteiger partial charge in [0.05, 0.1) is 10.6 Å². The van der Waals surface area contributed by atoms with E-state index < -0.39 is 34.4 Å². The number of hydrogen-bond donors (Lipinski definition) is 1. The first-order valence-corrected chi connectivity index (χ1v) is 16.5. The molecule has 0 spiro atoms. The van der Waals surface area contributed by atoms with Crippen molar-refractivity contribution >= 4 is 73.9 Å². The monoisotopic (exact) mass is 691 g/mol. The summed E-state index contributed by atoms with van der Waals surface area (Å²) in [6, 6.07) is 25.0. The standard InChI is InChI=1S/C32H29Cl4N3O4S/c1-2-37-32(41)30(15-22-9-5-3-6-10-22)38(20-23-13-14-24(33)19-29(23)36)31(40)21-39(27-17-25(34)16-26(35)18-27)44(42,43)28-11-7-4-8-12-28/h3-14,16-19,30H,2,15,20-21H2,1H3,(H,37,41)/t30-/m1/s1. The zero-order valence-electron chi connectivity index (χ0n) is 23.6. The van der Waals surface area contributed by atoms with Gasteiger partial charge < -0.3 is 10.2 Å². The minimum atomic E-state index is -4.29. The average molecular weight is 693 g/mol. The van der Waals surface area contributed by atoms with E-state index in [0.717, 1.165) is 9.87 Å². The number of amides is 2. The molecule has 4 aromatic rings. The van der Waals surface area contributed by atoms with Crippen LogP contribution in [0, 0.1) is 0 Å². The average Bonchev–Trinajstić information content (AvgIpc) is 2.99. The van der Waals surface area contributed by atoms with Crippen LogP contribution < -0.4 is 9.62 Å². The van der Waals surface area contributed by atoms with Crippen molar-refractivity contribution in [1.82, 2.24) is 10.2 Å². The second-order valence-corrected chi connectivity index (χ2v) is 13.4. The Hall–Kier alpha value is -3.27. The first kappa shape index (κ1) is 33.6. The molecule has 44 heavy (non-hydrogen) atoms. The van der Waals surface area contributed by atoms with E-state index in [1.165, 1.54) is 35.2 Å². The summed E-state index contributed by atoms with van der Waals surface area (Å²) in [7, 11) is -4.29. The first-order valence-electron chi connectivity index (χ1n) is 13.6. The third-order valence-corrected chi connectivity index (χ3v) is 9.53. The quantitative estimate of drug-likeness (QED) is 0.169. The van der Waals surface area contributed by atoms with E-state index in [4.69, 9.17) is 46.4 Å². The van der Waals surface area contributed by atoms with Gasteiger partial charge in [-0.25, -0.2) is 8.42 Å². The van der Waals surface area contributed by atoms with Crippen molar-refractivity contribution in [1.29, 1.82) is 0 Å². The molecule has 0 unspecified atom stereocenters. The van der Waals surface area contributed by atoms with Crippen LogP contribution >= 0.6 is 46.4 Å². The fourth-order valence-electron chi connectivity index (χ4n) is 4.61. The number of sulfonamides is 1. The van der Waals surface area contributed by atoms with Crippen molar-refractivity contribution < 1.29 is 18.0 Å². The number of nitrogens with one attached hydrogen (secondary N) is 1. The van der Waals surface area contributed by atoms with Crippen LogP contribution in [0.15, 0.2) is 102 Å². The molecule has 7 nitrogen and oxygen atoms in total. The highest BCUT2D eigenvalue weighted by atomic mass is 35.5. The predicted octanol–water partition coefficient (Wildman–Crippen LogP) is 7.27. The Balaban J connectivity index is 1.83. The maximum atomic E-state index is 14.4. The highest BCUT2D eigenvalue weighted by Crippen LogP contribution is 2.31. The Kier molecular flexibility index (Phi) is 11.6. The normalized spacial score (nSPS) is 11.9. The zero-order chi connectivity index (χ0) is 31.9.